The number of halogens is 3. The Bertz CT molecular complexity index is 854. The summed E-state index contributed by atoms with van der Waals surface area (Å²) in [5.74, 6) is -4.95. The highest BCUT2D eigenvalue weighted by Gasteiger charge is 2.21. The summed E-state index contributed by atoms with van der Waals surface area (Å²) in [6.07, 6.45) is 3.49. The van der Waals surface area contributed by atoms with Gasteiger partial charge in [-0.15, -0.1) is 17.9 Å². The van der Waals surface area contributed by atoms with E-state index in [9.17, 15) is 22.8 Å². The fourth-order valence-corrected chi connectivity index (χ4v) is 3.50. The average Bonchev–Trinajstić information content (AvgIpc) is 3.05. The van der Waals surface area contributed by atoms with Gasteiger partial charge in [0.05, 0.1) is 17.7 Å². The van der Waals surface area contributed by atoms with Gasteiger partial charge in [0, 0.05) is 19.0 Å². The molecule has 0 aliphatic carbocycles. The van der Waals surface area contributed by atoms with Gasteiger partial charge in [0.25, 0.3) is 0 Å². The maximum atomic E-state index is 13.8. The monoisotopic (exact) mass is 400 g/mol. The first-order chi connectivity index (χ1) is 12.8. The van der Waals surface area contributed by atoms with Crippen LogP contribution in [0.3, 0.4) is 0 Å². The van der Waals surface area contributed by atoms with Crippen LogP contribution in [0.15, 0.2) is 18.7 Å². The lowest BCUT2D eigenvalue weighted by molar-refractivity contribution is -0.141. The highest BCUT2D eigenvalue weighted by molar-refractivity contribution is 7.18. The summed E-state index contributed by atoms with van der Waals surface area (Å²) in [6.45, 7) is 3.95. The van der Waals surface area contributed by atoms with Crippen LogP contribution in [0.25, 0.3) is 10.2 Å². The van der Waals surface area contributed by atoms with E-state index >= 15 is 0 Å². The molecule has 1 amide bonds. The molecule has 0 saturated carbocycles. The van der Waals surface area contributed by atoms with Crippen LogP contribution in [-0.2, 0) is 16.1 Å². The summed E-state index contributed by atoms with van der Waals surface area (Å²) in [5.41, 5.74) is -0.405. The van der Waals surface area contributed by atoms with Gasteiger partial charge >= 0.3 is 5.97 Å². The first-order valence-electron chi connectivity index (χ1n) is 8.36. The number of rotatable bonds is 10. The third-order valence-corrected chi connectivity index (χ3v) is 4.93. The number of amides is 1. The number of carbonyl (C=O) groups is 2. The predicted molar refractivity (Wildman–Crippen MR) is 95.8 cm³/mol. The van der Waals surface area contributed by atoms with Crippen molar-refractivity contribution in [3.8, 4) is 0 Å². The van der Waals surface area contributed by atoms with Crippen molar-refractivity contribution >= 4 is 33.4 Å². The van der Waals surface area contributed by atoms with Gasteiger partial charge < -0.3 is 10.0 Å². The first kappa shape index (κ1) is 20.9. The third-order valence-electron chi connectivity index (χ3n) is 3.88. The summed E-state index contributed by atoms with van der Waals surface area (Å²) in [6, 6.07) is 0.463. The summed E-state index contributed by atoms with van der Waals surface area (Å²) in [4.78, 5) is 28.4. The molecule has 146 valence electrons. The normalized spacial score (nSPS) is 10.9. The van der Waals surface area contributed by atoms with Gasteiger partial charge in [-0.1, -0.05) is 6.08 Å². The lowest BCUT2D eigenvalue weighted by Gasteiger charge is -2.21. The van der Waals surface area contributed by atoms with Gasteiger partial charge in [0.2, 0.25) is 5.91 Å². The van der Waals surface area contributed by atoms with Gasteiger partial charge in [-0.3, -0.25) is 9.59 Å². The van der Waals surface area contributed by atoms with Gasteiger partial charge in [-0.05, 0) is 19.3 Å². The van der Waals surface area contributed by atoms with Crippen molar-refractivity contribution in [2.24, 2.45) is 0 Å². The number of thiazole rings is 1. The van der Waals surface area contributed by atoms with Crippen molar-refractivity contribution in [1.82, 2.24) is 9.88 Å². The number of aromatic nitrogens is 1. The molecule has 1 aromatic carbocycles. The Labute approximate surface area is 158 Å². The number of hydrogen-bond acceptors (Lipinski definition) is 4. The Hall–Kier alpha value is -2.42. The number of nitrogens with zero attached hydrogens (tertiary/aromatic N) is 2. The molecule has 0 aliphatic heterocycles. The maximum Gasteiger partial charge on any atom is 0.303 e. The van der Waals surface area contributed by atoms with Crippen LogP contribution < -0.4 is 0 Å². The fourth-order valence-electron chi connectivity index (χ4n) is 2.51. The van der Waals surface area contributed by atoms with E-state index in [1.54, 1.807) is 6.08 Å². The van der Waals surface area contributed by atoms with E-state index in [-0.39, 0.29) is 35.0 Å². The van der Waals surface area contributed by atoms with Gasteiger partial charge in [0.15, 0.2) is 11.6 Å². The Morgan fingerprint density at radius 1 is 1.22 bits per heavy atom. The Balaban J connectivity index is 2.19. The van der Waals surface area contributed by atoms with E-state index in [1.807, 2.05) is 0 Å². The lowest BCUT2D eigenvalue weighted by atomic mass is 10.2. The minimum atomic E-state index is -1.32. The van der Waals surface area contributed by atoms with Crippen LogP contribution in [0.1, 0.15) is 37.1 Å². The molecule has 27 heavy (non-hydrogen) atoms. The number of unbranched alkanes of at least 4 members (excludes halogenated alkanes) is 2. The molecule has 0 radical (unpaired) electrons. The van der Waals surface area contributed by atoms with Gasteiger partial charge in [-0.25, -0.2) is 18.2 Å². The quantitative estimate of drug-likeness (QED) is 0.367. The predicted octanol–water partition coefficient (Wildman–Crippen LogP) is 4.26. The van der Waals surface area contributed by atoms with E-state index in [2.05, 4.69) is 11.6 Å². The van der Waals surface area contributed by atoms with Crippen molar-refractivity contribution in [1.29, 1.82) is 0 Å². The smallest absolute Gasteiger partial charge is 0.303 e. The van der Waals surface area contributed by atoms with Crippen LogP contribution in [0.2, 0.25) is 0 Å². The zero-order valence-electron chi connectivity index (χ0n) is 14.5. The Morgan fingerprint density at radius 3 is 2.63 bits per heavy atom. The molecule has 0 fully saturated rings. The molecule has 0 atom stereocenters. The lowest BCUT2D eigenvalue weighted by Crippen LogP contribution is -2.31. The fraction of sp³-hybridized carbons (Fsp3) is 0.389. The van der Waals surface area contributed by atoms with Crippen LogP contribution in [0, 0.1) is 17.5 Å². The summed E-state index contributed by atoms with van der Waals surface area (Å²) >= 11 is 0.841. The number of hydrogen-bond donors (Lipinski definition) is 1. The molecule has 0 unspecified atom stereocenters. The number of benzene rings is 1. The van der Waals surface area contributed by atoms with Crippen LogP contribution in [0.4, 0.5) is 13.2 Å². The number of carboxylic acid groups (broad SMARTS) is 1. The molecular formula is C18H19F3N2O3S. The summed E-state index contributed by atoms with van der Waals surface area (Å²) in [5, 5.41) is 9.00. The number of allylic oxidation sites excluding steroid dienone is 1. The number of carbonyl (C=O) groups excluding carboxylic acids is 1. The van der Waals surface area contributed by atoms with E-state index in [1.165, 1.54) is 4.90 Å². The number of carboxylic acids is 1. The molecule has 0 bridgehead atoms. The molecule has 1 heterocycles. The van der Waals surface area contributed by atoms with Gasteiger partial charge in [-0.2, -0.15) is 0 Å². The first-order valence-corrected chi connectivity index (χ1v) is 9.18. The average molecular weight is 400 g/mol. The third kappa shape index (κ3) is 5.53. The maximum absolute atomic E-state index is 13.8. The van der Waals surface area contributed by atoms with Crippen molar-refractivity contribution in [3.05, 3.63) is 41.2 Å². The molecular weight excluding hydrogens is 381 g/mol. The number of aliphatic carboxylic acids is 1. The van der Waals surface area contributed by atoms with Crippen molar-refractivity contribution in [2.75, 3.05) is 6.54 Å². The molecule has 1 N–H and O–H groups in total. The molecule has 5 nitrogen and oxygen atoms in total. The molecule has 2 aromatic rings. The second-order valence-corrected chi connectivity index (χ2v) is 7.02. The van der Waals surface area contributed by atoms with E-state index in [0.717, 1.165) is 24.2 Å². The molecule has 0 saturated heterocycles. The summed E-state index contributed by atoms with van der Waals surface area (Å²) < 4.78 is 40.9. The molecule has 1 aromatic heterocycles. The van der Waals surface area contributed by atoms with Crippen molar-refractivity contribution in [3.63, 3.8) is 0 Å². The zero-order chi connectivity index (χ0) is 20.0. The van der Waals surface area contributed by atoms with Crippen LogP contribution in [0.5, 0.6) is 0 Å². The second kappa shape index (κ2) is 9.50. The van der Waals surface area contributed by atoms with E-state index < -0.39 is 28.9 Å². The molecule has 0 aliphatic rings. The van der Waals surface area contributed by atoms with Crippen LogP contribution >= 0.6 is 11.3 Å². The topological polar surface area (TPSA) is 70.5 Å². The van der Waals surface area contributed by atoms with E-state index in [4.69, 9.17) is 5.11 Å². The SMILES string of the molecule is C=CCCCCN(Cc1nc2c(F)c(F)cc(F)c2s1)C(=O)CCC(=O)O. The molecule has 2 rings (SSSR count). The molecule has 9 heteroatoms. The Morgan fingerprint density at radius 2 is 1.96 bits per heavy atom. The minimum absolute atomic E-state index is 0.0214. The minimum Gasteiger partial charge on any atom is -0.481 e. The highest BCUT2D eigenvalue weighted by Crippen LogP contribution is 2.29. The van der Waals surface area contributed by atoms with Crippen LogP contribution in [-0.4, -0.2) is 33.4 Å². The second-order valence-electron chi connectivity index (χ2n) is 5.93. The molecule has 0 spiro atoms. The van der Waals surface area contributed by atoms with Gasteiger partial charge in [0.1, 0.15) is 16.3 Å². The zero-order valence-corrected chi connectivity index (χ0v) is 15.3. The van der Waals surface area contributed by atoms with E-state index in [0.29, 0.717) is 19.0 Å². The highest BCUT2D eigenvalue weighted by atomic mass is 32.1. The number of fused-ring (bicyclic) bond motifs is 1. The standard InChI is InChI=1S/C18H19F3N2O3S/c1-2-3-4-5-8-23(14(24)6-7-15(25)26)10-13-22-17-16(21)11(19)9-12(20)18(17)27-13/h2,9H,1,3-8,10H2,(H,25,26). The Kier molecular flexibility index (Phi) is 7.35. The summed E-state index contributed by atoms with van der Waals surface area (Å²) in [7, 11) is 0. The van der Waals surface area contributed by atoms with Crippen molar-refractivity contribution < 1.29 is 27.9 Å². The largest absolute Gasteiger partial charge is 0.481 e. The van der Waals surface area contributed by atoms with Crippen molar-refractivity contribution in [2.45, 2.75) is 38.6 Å².